The monoisotopic (exact) mass is 403 g/mol. The first-order chi connectivity index (χ1) is 13.6. The minimum Gasteiger partial charge on any atom is -0.348 e. The SMILES string of the molecule is O=C(Nc1cnccc1C1OCCCO1)c1csc(-c2c(F)cccc2F)n1. The van der Waals surface area contributed by atoms with E-state index in [4.69, 9.17) is 9.47 Å². The van der Waals surface area contributed by atoms with Gasteiger partial charge in [-0.2, -0.15) is 0 Å². The Bertz CT molecular complexity index is 985. The van der Waals surface area contributed by atoms with Gasteiger partial charge < -0.3 is 14.8 Å². The molecule has 3 aromatic rings. The van der Waals surface area contributed by atoms with Crippen molar-refractivity contribution in [3.05, 3.63) is 64.9 Å². The van der Waals surface area contributed by atoms with E-state index in [0.717, 1.165) is 29.9 Å². The average Bonchev–Trinajstić information content (AvgIpc) is 3.19. The Hall–Kier alpha value is -2.75. The minimum absolute atomic E-state index is 0.0444. The van der Waals surface area contributed by atoms with Crippen LogP contribution in [0, 0.1) is 11.6 Å². The van der Waals surface area contributed by atoms with E-state index in [9.17, 15) is 13.6 Å². The van der Waals surface area contributed by atoms with Gasteiger partial charge in [0.25, 0.3) is 5.91 Å². The molecule has 6 nitrogen and oxygen atoms in total. The van der Waals surface area contributed by atoms with Crippen molar-refractivity contribution in [3.8, 4) is 10.6 Å². The number of nitrogens with zero attached hydrogens (tertiary/aromatic N) is 2. The number of hydrogen-bond acceptors (Lipinski definition) is 6. The smallest absolute Gasteiger partial charge is 0.275 e. The molecule has 0 bridgehead atoms. The van der Waals surface area contributed by atoms with Crippen molar-refractivity contribution in [1.29, 1.82) is 0 Å². The van der Waals surface area contributed by atoms with E-state index in [1.54, 1.807) is 12.3 Å². The van der Waals surface area contributed by atoms with Crippen molar-refractivity contribution in [3.63, 3.8) is 0 Å². The fourth-order valence-corrected chi connectivity index (χ4v) is 3.61. The predicted molar refractivity (Wildman–Crippen MR) is 98.9 cm³/mol. The summed E-state index contributed by atoms with van der Waals surface area (Å²) in [5.41, 5.74) is 0.852. The zero-order valence-corrected chi connectivity index (χ0v) is 15.3. The van der Waals surface area contributed by atoms with E-state index < -0.39 is 23.8 Å². The number of aromatic nitrogens is 2. The number of hydrogen-bond donors (Lipinski definition) is 1. The Morgan fingerprint density at radius 2 is 1.93 bits per heavy atom. The van der Waals surface area contributed by atoms with Gasteiger partial charge >= 0.3 is 0 Å². The molecular weight excluding hydrogens is 388 g/mol. The molecule has 2 aromatic heterocycles. The van der Waals surface area contributed by atoms with Gasteiger partial charge in [0.2, 0.25) is 0 Å². The van der Waals surface area contributed by atoms with Crippen LogP contribution in [-0.2, 0) is 9.47 Å². The van der Waals surface area contributed by atoms with Gasteiger partial charge in [-0.05, 0) is 24.6 Å². The Kier molecular flexibility index (Phi) is 5.38. The van der Waals surface area contributed by atoms with Crippen LogP contribution in [0.2, 0.25) is 0 Å². The molecule has 144 valence electrons. The third kappa shape index (κ3) is 3.77. The molecule has 4 rings (SSSR count). The minimum atomic E-state index is -0.734. The maximum absolute atomic E-state index is 13.9. The van der Waals surface area contributed by atoms with Crippen molar-refractivity contribution >= 4 is 22.9 Å². The standard InChI is InChI=1S/C19H15F2N3O3S/c20-12-3-1-4-13(21)16(12)18-24-15(10-28-18)17(25)23-14-9-22-6-5-11(14)19-26-7-2-8-27-19/h1,3-6,9-10,19H,2,7-8H2,(H,23,25). The average molecular weight is 403 g/mol. The number of pyridine rings is 1. The number of nitrogens with one attached hydrogen (secondary N) is 1. The van der Waals surface area contributed by atoms with Crippen LogP contribution in [0.1, 0.15) is 28.8 Å². The molecule has 1 N–H and O–H groups in total. The van der Waals surface area contributed by atoms with Crippen LogP contribution in [0.15, 0.2) is 42.0 Å². The van der Waals surface area contributed by atoms with Crippen LogP contribution in [0.4, 0.5) is 14.5 Å². The molecule has 0 saturated carbocycles. The second-order valence-corrected chi connectivity index (χ2v) is 6.84. The Balaban J connectivity index is 1.56. The van der Waals surface area contributed by atoms with Gasteiger partial charge in [0, 0.05) is 17.1 Å². The van der Waals surface area contributed by atoms with Gasteiger partial charge in [0.1, 0.15) is 22.3 Å². The topological polar surface area (TPSA) is 73.3 Å². The predicted octanol–water partition coefficient (Wildman–Crippen LogP) is 4.17. The Labute approximate surface area is 163 Å². The lowest BCUT2D eigenvalue weighted by atomic mass is 10.2. The van der Waals surface area contributed by atoms with E-state index >= 15 is 0 Å². The number of carbonyl (C=O) groups is 1. The highest BCUT2D eigenvalue weighted by Crippen LogP contribution is 2.31. The largest absolute Gasteiger partial charge is 0.348 e. The maximum atomic E-state index is 13.9. The lowest BCUT2D eigenvalue weighted by molar-refractivity contribution is -0.182. The second kappa shape index (κ2) is 8.09. The number of benzene rings is 1. The highest BCUT2D eigenvalue weighted by Gasteiger charge is 2.22. The third-order valence-corrected chi connectivity index (χ3v) is 4.96. The molecule has 9 heteroatoms. The van der Waals surface area contributed by atoms with Gasteiger partial charge in [-0.15, -0.1) is 11.3 Å². The molecule has 1 fully saturated rings. The molecule has 1 saturated heterocycles. The summed E-state index contributed by atoms with van der Waals surface area (Å²) in [7, 11) is 0. The molecule has 0 atom stereocenters. The van der Waals surface area contributed by atoms with Crippen LogP contribution in [0.5, 0.6) is 0 Å². The fourth-order valence-electron chi connectivity index (χ4n) is 2.76. The zero-order valence-electron chi connectivity index (χ0n) is 14.5. The van der Waals surface area contributed by atoms with Crippen molar-refractivity contribution < 1.29 is 23.0 Å². The number of ether oxygens (including phenoxy) is 2. The van der Waals surface area contributed by atoms with E-state index in [1.807, 2.05) is 0 Å². The van der Waals surface area contributed by atoms with Crippen LogP contribution < -0.4 is 5.32 Å². The highest BCUT2D eigenvalue weighted by atomic mass is 32.1. The molecule has 28 heavy (non-hydrogen) atoms. The number of thiazole rings is 1. The molecule has 1 aliphatic heterocycles. The first-order valence-electron chi connectivity index (χ1n) is 8.52. The summed E-state index contributed by atoms with van der Waals surface area (Å²) in [6, 6.07) is 5.26. The van der Waals surface area contributed by atoms with Crippen LogP contribution in [-0.4, -0.2) is 29.1 Å². The Morgan fingerprint density at radius 3 is 2.68 bits per heavy atom. The second-order valence-electron chi connectivity index (χ2n) is 5.98. The van der Waals surface area contributed by atoms with Crippen molar-refractivity contribution in [2.75, 3.05) is 18.5 Å². The number of anilines is 1. The normalized spacial score (nSPS) is 14.8. The lowest BCUT2D eigenvalue weighted by Crippen LogP contribution is -2.21. The van der Waals surface area contributed by atoms with E-state index in [1.165, 1.54) is 17.6 Å². The molecular formula is C19H15F2N3O3S. The van der Waals surface area contributed by atoms with Crippen LogP contribution in [0.3, 0.4) is 0 Å². The Morgan fingerprint density at radius 1 is 1.18 bits per heavy atom. The maximum Gasteiger partial charge on any atom is 0.275 e. The molecule has 3 heterocycles. The molecule has 1 amide bonds. The number of rotatable bonds is 4. The van der Waals surface area contributed by atoms with E-state index in [2.05, 4.69) is 15.3 Å². The third-order valence-electron chi connectivity index (χ3n) is 4.10. The van der Waals surface area contributed by atoms with E-state index in [0.29, 0.717) is 24.5 Å². The molecule has 1 aliphatic rings. The van der Waals surface area contributed by atoms with Crippen molar-refractivity contribution in [2.45, 2.75) is 12.7 Å². The summed E-state index contributed by atoms with van der Waals surface area (Å²) >= 11 is 0.985. The fraction of sp³-hybridized carbons (Fsp3) is 0.211. The molecule has 0 unspecified atom stereocenters. The zero-order chi connectivity index (χ0) is 19.5. The highest BCUT2D eigenvalue weighted by molar-refractivity contribution is 7.13. The number of amides is 1. The molecule has 0 spiro atoms. The first-order valence-corrected chi connectivity index (χ1v) is 9.40. The van der Waals surface area contributed by atoms with Crippen molar-refractivity contribution in [1.82, 2.24) is 9.97 Å². The summed E-state index contributed by atoms with van der Waals surface area (Å²) in [6.07, 6.45) is 3.27. The van der Waals surface area contributed by atoms with Gasteiger partial charge in [0.15, 0.2) is 6.29 Å². The number of halogens is 2. The van der Waals surface area contributed by atoms with E-state index in [-0.39, 0.29) is 16.3 Å². The summed E-state index contributed by atoms with van der Waals surface area (Å²) in [5, 5.41) is 4.25. The van der Waals surface area contributed by atoms with Crippen LogP contribution >= 0.6 is 11.3 Å². The number of carbonyl (C=O) groups excluding carboxylic acids is 1. The molecule has 0 radical (unpaired) electrons. The molecule has 1 aromatic carbocycles. The van der Waals surface area contributed by atoms with Gasteiger partial charge in [-0.3, -0.25) is 9.78 Å². The van der Waals surface area contributed by atoms with Gasteiger partial charge in [-0.1, -0.05) is 6.07 Å². The molecule has 0 aliphatic carbocycles. The summed E-state index contributed by atoms with van der Waals surface area (Å²) < 4.78 is 39.0. The van der Waals surface area contributed by atoms with Crippen LogP contribution in [0.25, 0.3) is 10.6 Å². The first kappa shape index (κ1) is 18.6. The van der Waals surface area contributed by atoms with Gasteiger partial charge in [0.05, 0.1) is 30.7 Å². The summed E-state index contributed by atoms with van der Waals surface area (Å²) in [5.74, 6) is -1.99. The van der Waals surface area contributed by atoms with Gasteiger partial charge in [-0.25, -0.2) is 13.8 Å². The quantitative estimate of drug-likeness (QED) is 0.708. The lowest BCUT2D eigenvalue weighted by Gasteiger charge is -2.25. The summed E-state index contributed by atoms with van der Waals surface area (Å²) in [4.78, 5) is 20.7. The summed E-state index contributed by atoms with van der Waals surface area (Å²) in [6.45, 7) is 1.12. The van der Waals surface area contributed by atoms with Crippen molar-refractivity contribution in [2.24, 2.45) is 0 Å².